The van der Waals surface area contributed by atoms with Crippen molar-refractivity contribution in [1.29, 1.82) is 0 Å². The second-order valence-electron chi connectivity index (χ2n) is 7.31. The SMILES string of the molecule is CC(C)N(C)Cc1ccccc1CN=C(N)NC1CCCCCC1.I. The van der Waals surface area contributed by atoms with Crippen molar-refractivity contribution in [3.63, 3.8) is 0 Å². The molecule has 1 aliphatic rings. The molecular formula is C20H35IN4. The summed E-state index contributed by atoms with van der Waals surface area (Å²) >= 11 is 0. The van der Waals surface area contributed by atoms with Gasteiger partial charge in [0.05, 0.1) is 6.54 Å². The van der Waals surface area contributed by atoms with E-state index in [0.29, 0.717) is 24.6 Å². The molecule has 0 saturated heterocycles. The second-order valence-corrected chi connectivity index (χ2v) is 7.31. The van der Waals surface area contributed by atoms with Crippen LogP contribution in [0.4, 0.5) is 0 Å². The van der Waals surface area contributed by atoms with Crippen LogP contribution in [0.5, 0.6) is 0 Å². The van der Waals surface area contributed by atoms with Gasteiger partial charge in [-0.1, -0.05) is 49.9 Å². The molecule has 25 heavy (non-hydrogen) atoms. The Kier molecular flexibility index (Phi) is 10.4. The van der Waals surface area contributed by atoms with E-state index in [-0.39, 0.29) is 24.0 Å². The number of halogens is 1. The minimum Gasteiger partial charge on any atom is -0.370 e. The van der Waals surface area contributed by atoms with E-state index < -0.39 is 0 Å². The molecule has 0 bridgehead atoms. The Morgan fingerprint density at radius 1 is 1.16 bits per heavy atom. The third kappa shape index (κ3) is 7.94. The molecule has 4 nitrogen and oxygen atoms in total. The number of hydrogen-bond acceptors (Lipinski definition) is 2. The standard InChI is InChI=1S/C20H34N4.HI/c1-16(2)24(3)15-18-11-9-8-10-17(18)14-22-20(21)23-19-12-6-4-5-7-13-19;/h8-11,16,19H,4-7,12-15H2,1-3H3,(H3,21,22,23);1H. The fraction of sp³-hybridized carbons (Fsp3) is 0.650. The number of nitrogens with one attached hydrogen (secondary N) is 1. The molecule has 2 rings (SSSR count). The maximum absolute atomic E-state index is 6.13. The second kappa shape index (κ2) is 11.7. The molecule has 5 heteroatoms. The minimum absolute atomic E-state index is 0. The zero-order valence-corrected chi connectivity index (χ0v) is 18.3. The predicted octanol–water partition coefficient (Wildman–Crippen LogP) is 4.27. The van der Waals surface area contributed by atoms with Crippen molar-refractivity contribution < 1.29 is 0 Å². The maximum atomic E-state index is 6.13. The third-order valence-electron chi connectivity index (χ3n) is 5.05. The molecular weight excluding hydrogens is 423 g/mol. The van der Waals surface area contributed by atoms with E-state index in [9.17, 15) is 0 Å². The summed E-state index contributed by atoms with van der Waals surface area (Å²) in [5, 5.41) is 3.42. The summed E-state index contributed by atoms with van der Waals surface area (Å²) in [5.41, 5.74) is 8.72. The number of rotatable bonds is 6. The molecule has 1 saturated carbocycles. The molecule has 1 fully saturated rings. The van der Waals surface area contributed by atoms with Crippen molar-refractivity contribution in [2.24, 2.45) is 10.7 Å². The summed E-state index contributed by atoms with van der Waals surface area (Å²) in [6.45, 7) is 6.03. The van der Waals surface area contributed by atoms with Gasteiger partial charge in [0.15, 0.2) is 5.96 Å². The van der Waals surface area contributed by atoms with E-state index in [1.807, 2.05) is 0 Å². The van der Waals surface area contributed by atoms with Crippen LogP contribution in [-0.2, 0) is 13.1 Å². The van der Waals surface area contributed by atoms with Gasteiger partial charge < -0.3 is 11.1 Å². The molecule has 0 aliphatic heterocycles. The van der Waals surface area contributed by atoms with Crippen LogP contribution >= 0.6 is 24.0 Å². The number of nitrogens with zero attached hydrogens (tertiary/aromatic N) is 2. The Bertz CT molecular complexity index is 522. The van der Waals surface area contributed by atoms with Gasteiger partial charge in [0, 0.05) is 18.6 Å². The van der Waals surface area contributed by atoms with Crippen molar-refractivity contribution in [1.82, 2.24) is 10.2 Å². The van der Waals surface area contributed by atoms with E-state index in [1.54, 1.807) is 0 Å². The summed E-state index contributed by atoms with van der Waals surface area (Å²) in [6, 6.07) is 9.56. The highest BCUT2D eigenvalue weighted by Crippen LogP contribution is 2.17. The van der Waals surface area contributed by atoms with Crippen LogP contribution < -0.4 is 11.1 Å². The van der Waals surface area contributed by atoms with Crippen molar-refractivity contribution in [3.05, 3.63) is 35.4 Å². The van der Waals surface area contributed by atoms with Gasteiger partial charge in [-0.25, -0.2) is 4.99 Å². The lowest BCUT2D eigenvalue weighted by molar-refractivity contribution is 0.265. The molecule has 0 spiro atoms. The van der Waals surface area contributed by atoms with E-state index in [2.05, 4.69) is 60.4 Å². The maximum Gasteiger partial charge on any atom is 0.189 e. The lowest BCUT2D eigenvalue weighted by Gasteiger charge is -2.22. The Hall–Kier alpha value is -0.820. The van der Waals surface area contributed by atoms with Crippen LogP contribution in [0.2, 0.25) is 0 Å². The topological polar surface area (TPSA) is 53.6 Å². The van der Waals surface area contributed by atoms with Crippen LogP contribution in [0.1, 0.15) is 63.5 Å². The Labute approximate surface area is 170 Å². The Balaban J connectivity index is 0.00000312. The molecule has 0 unspecified atom stereocenters. The largest absolute Gasteiger partial charge is 0.370 e. The highest BCUT2D eigenvalue weighted by molar-refractivity contribution is 14.0. The van der Waals surface area contributed by atoms with E-state index >= 15 is 0 Å². The van der Waals surface area contributed by atoms with Gasteiger partial charge >= 0.3 is 0 Å². The molecule has 1 aromatic carbocycles. The zero-order valence-electron chi connectivity index (χ0n) is 16.0. The van der Waals surface area contributed by atoms with Crippen LogP contribution in [0, 0.1) is 0 Å². The first-order chi connectivity index (χ1) is 11.6. The van der Waals surface area contributed by atoms with Crippen molar-refractivity contribution in [2.75, 3.05) is 7.05 Å². The first kappa shape index (κ1) is 22.2. The van der Waals surface area contributed by atoms with Gasteiger partial charge in [0.2, 0.25) is 0 Å². The van der Waals surface area contributed by atoms with Crippen molar-refractivity contribution >= 4 is 29.9 Å². The predicted molar refractivity (Wildman–Crippen MR) is 118 cm³/mol. The summed E-state index contributed by atoms with van der Waals surface area (Å²) in [6.07, 6.45) is 7.74. The number of benzene rings is 1. The highest BCUT2D eigenvalue weighted by Gasteiger charge is 2.12. The van der Waals surface area contributed by atoms with Gasteiger partial charge in [-0.15, -0.1) is 24.0 Å². The lowest BCUT2D eigenvalue weighted by Crippen LogP contribution is -2.39. The summed E-state index contributed by atoms with van der Waals surface area (Å²) in [4.78, 5) is 6.94. The van der Waals surface area contributed by atoms with Crippen LogP contribution in [0.25, 0.3) is 0 Å². The normalized spacial score (nSPS) is 16.6. The summed E-state index contributed by atoms with van der Waals surface area (Å²) in [5.74, 6) is 0.592. The van der Waals surface area contributed by atoms with E-state index in [0.717, 1.165) is 6.54 Å². The number of guanidine groups is 1. The third-order valence-corrected chi connectivity index (χ3v) is 5.05. The molecule has 0 amide bonds. The molecule has 1 aliphatic carbocycles. The van der Waals surface area contributed by atoms with Gasteiger partial charge in [-0.05, 0) is 44.9 Å². The average molecular weight is 458 g/mol. The molecule has 142 valence electrons. The van der Waals surface area contributed by atoms with Gasteiger partial charge in [0.1, 0.15) is 0 Å². The number of hydrogen-bond donors (Lipinski definition) is 2. The smallest absolute Gasteiger partial charge is 0.189 e. The summed E-state index contributed by atoms with van der Waals surface area (Å²) in [7, 11) is 2.16. The van der Waals surface area contributed by atoms with E-state index in [1.165, 1.54) is 49.7 Å². The average Bonchev–Trinajstić information content (AvgIpc) is 2.82. The number of nitrogens with two attached hydrogens (primary N) is 1. The Morgan fingerprint density at radius 2 is 1.76 bits per heavy atom. The van der Waals surface area contributed by atoms with Crippen LogP contribution in [0.15, 0.2) is 29.3 Å². The van der Waals surface area contributed by atoms with Gasteiger partial charge in [-0.2, -0.15) is 0 Å². The molecule has 0 heterocycles. The van der Waals surface area contributed by atoms with Crippen molar-refractivity contribution in [3.8, 4) is 0 Å². The van der Waals surface area contributed by atoms with Crippen LogP contribution in [0.3, 0.4) is 0 Å². The monoisotopic (exact) mass is 458 g/mol. The molecule has 0 aromatic heterocycles. The summed E-state index contributed by atoms with van der Waals surface area (Å²) < 4.78 is 0. The lowest BCUT2D eigenvalue weighted by atomic mass is 10.1. The molecule has 0 radical (unpaired) electrons. The minimum atomic E-state index is 0. The fourth-order valence-electron chi connectivity index (χ4n) is 3.17. The van der Waals surface area contributed by atoms with Crippen LogP contribution in [-0.4, -0.2) is 30.0 Å². The Morgan fingerprint density at radius 3 is 2.36 bits per heavy atom. The first-order valence-electron chi connectivity index (χ1n) is 9.39. The molecule has 3 N–H and O–H groups in total. The molecule has 1 aromatic rings. The number of aliphatic imine (C=N–C) groups is 1. The van der Waals surface area contributed by atoms with Gasteiger partial charge in [-0.3, -0.25) is 4.90 Å². The quantitative estimate of drug-likeness (QED) is 0.290. The van der Waals surface area contributed by atoms with Crippen molar-refractivity contribution in [2.45, 2.75) is 77.5 Å². The highest BCUT2D eigenvalue weighted by atomic mass is 127. The first-order valence-corrected chi connectivity index (χ1v) is 9.39. The van der Waals surface area contributed by atoms with E-state index in [4.69, 9.17) is 5.73 Å². The molecule has 0 atom stereocenters. The van der Waals surface area contributed by atoms with Gasteiger partial charge in [0.25, 0.3) is 0 Å². The zero-order chi connectivity index (χ0) is 17.4. The fourth-order valence-corrected chi connectivity index (χ4v) is 3.17.